The number of nitrogens with one attached hydrogen (secondary N) is 1. The number of hydrogen-bond acceptors (Lipinski definition) is 3. The van der Waals surface area contributed by atoms with E-state index < -0.39 is 6.10 Å². The van der Waals surface area contributed by atoms with Crippen LogP contribution in [0.25, 0.3) is 0 Å². The van der Waals surface area contributed by atoms with Gasteiger partial charge in [-0.1, -0.05) is 36.4 Å². The number of carbonyl (C=O) groups excluding carboxylic acids is 1. The number of ether oxygens (including phenoxy) is 1. The molecule has 2 rings (SSSR count). The van der Waals surface area contributed by atoms with Crippen LogP contribution in [-0.4, -0.2) is 30.8 Å². The highest BCUT2D eigenvalue weighted by Gasteiger charge is 2.10. The first kappa shape index (κ1) is 15.1. The van der Waals surface area contributed by atoms with Gasteiger partial charge < -0.3 is 15.2 Å². The van der Waals surface area contributed by atoms with Gasteiger partial charge in [-0.2, -0.15) is 0 Å². The first-order valence-corrected chi connectivity index (χ1v) is 6.83. The van der Waals surface area contributed by atoms with Crippen molar-refractivity contribution in [1.82, 2.24) is 5.32 Å². The van der Waals surface area contributed by atoms with Gasteiger partial charge in [-0.15, -0.1) is 0 Å². The van der Waals surface area contributed by atoms with Crippen molar-refractivity contribution in [3.63, 3.8) is 0 Å². The number of benzene rings is 2. The van der Waals surface area contributed by atoms with Gasteiger partial charge in [0.2, 0.25) is 0 Å². The van der Waals surface area contributed by atoms with Crippen LogP contribution in [0.4, 0.5) is 0 Å². The quantitative estimate of drug-likeness (QED) is 0.854. The van der Waals surface area contributed by atoms with E-state index in [-0.39, 0.29) is 12.5 Å². The Morgan fingerprint density at radius 2 is 1.95 bits per heavy atom. The number of rotatable bonds is 6. The molecule has 1 amide bonds. The zero-order valence-corrected chi connectivity index (χ0v) is 12.0. The summed E-state index contributed by atoms with van der Waals surface area (Å²) < 4.78 is 5.08. The lowest BCUT2D eigenvalue weighted by Crippen LogP contribution is -2.33. The maximum Gasteiger partial charge on any atom is 0.251 e. The van der Waals surface area contributed by atoms with E-state index in [1.54, 1.807) is 31.4 Å². The normalized spacial score (nSPS) is 11.7. The summed E-state index contributed by atoms with van der Waals surface area (Å²) in [4.78, 5) is 12.0. The topological polar surface area (TPSA) is 58.6 Å². The average molecular weight is 285 g/mol. The Morgan fingerprint density at radius 3 is 2.67 bits per heavy atom. The largest absolute Gasteiger partial charge is 0.497 e. The van der Waals surface area contributed by atoms with Crippen LogP contribution in [0.5, 0.6) is 5.75 Å². The average Bonchev–Trinajstić information content (AvgIpc) is 2.53. The van der Waals surface area contributed by atoms with Crippen LogP contribution in [0.1, 0.15) is 15.9 Å². The molecule has 4 nitrogen and oxygen atoms in total. The predicted molar refractivity (Wildman–Crippen MR) is 81.5 cm³/mol. The Hall–Kier alpha value is -2.33. The molecule has 1 unspecified atom stereocenters. The molecule has 0 saturated carbocycles. The number of hydrogen-bond donors (Lipinski definition) is 2. The van der Waals surface area contributed by atoms with Crippen LogP contribution in [-0.2, 0) is 6.42 Å². The third-order valence-corrected chi connectivity index (χ3v) is 3.14. The van der Waals surface area contributed by atoms with Crippen LogP contribution in [0.3, 0.4) is 0 Å². The van der Waals surface area contributed by atoms with E-state index in [0.29, 0.717) is 17.7 Å². The van der Waals surface area contributed by atoms with Crippen LogP contribution in [0, 0.1) is 0 Å². The zero-order valence-electron chi connectivity index (χ0n) is 12.0. The Balaban J connectivity index is 1.85. The summed E-state index contributed by atoms with van der Waals surface area (Å²) in [6, 6.07) is 16.6. The molecule has 0 aliphatic heterocycles. The molecule has 2 aromatic carbocycles. The molecular formula is C17H19NO3. The molecule has 0 saturated heterocycles. The number of methoxy groups -OCH3 is 1. The first-order chi connectivity index (χ1) is 10.2. The highest BCUT2D eigenvalue weighted by molar-refractivity contribution is 5.94. The van der Waals surface area contributed by atoms with Crippen molar-refractivity contribution in [2.24, 2.45) is 0 Å². The first-order valence-electron chi connectivity index (χ1n) is 6.83. The molecule has 110 valence electrons. The highest BCUT2D eigenvalue weighted by atomic mass is 16.5. The van der Waals surface area contributed by atoms with Crippen LogP contribution in [0.2, 0.25) is 0 Å². The molecule has 1 atom stereocenters. The smallest absolute Gasteiger partial charge is 0.251 e. The predicted octanol–water partition coefficient (Wildman–Crippen LogP) is 2.03. The molecule has 0 bridgehead atoms. The van der Waals surface area contributed by atoms with Crippen molar-refractivity contribution in [1.29, 1.82) is 0 Å². The number of aliphatic hydroxyl groups excluding tert-OH is 1. The molecule has 2 aromatic rings. The molecule has 0 aliphatic carbocycles. The Labute approximate surface area is 124 Å². The lowest BCUT2D eigenvalue weighted by atomic mass is 10.1. The van der Waals surface area contributed by atoms with E-state index >= 15 is 0 Å². The van der Waals surface area contributed by atoms with Gasteiger partial charge in [0.15, 0.2) is 0 Å². The summed E-state index contributed by atoms with van der Waals surface area (Å²) in [6.07, 6.45) is -0.0962. The minimum atomic E-state index is -0.609. The lowest BCUT2D eigenvalue weighted by molar-refractivity contribution is 0.0915. The molecule has 2 N–H and O–H groups in total. The molecule has 21 heavy (non-hydrogen) atoms. The van der Waals surface area contributed by atoms with Gasteiger partial charge in [0.1, 0.15) is 5.75 Å². The van der Waals surface area contributed by atoms with Gasteiger partial charge in [0.25, 0.3) is 5.91 Å². The molecule has 0 spiro atoms. The summed E-state index contributed by atoms with van der Waals surface area (Å²) in [5, 5.41) is 12.7. The maximum atomic E-state index is 12.0. The fourth-order valence-electron chi connectivity index (χ4n) is 2.04. The number of amides is 1. The van der Waals surface area contributed by atoms with Crippen LogP contribution < -0.4 is 10.1 Å². The van der Waals surface area contributed by atoms with E-state index in [1.807, 2.05) is 30.3 Å². The van der Waals surface area contributed by atoms with Gasteiger partial charge in [-0.3, -0.25) is 4.79 Å². The third kappa shape index (κ3) is 4.61. The molecular weight excluding hydrogens is 266 g/mol. The van der Waals surface area contributed by atoms with Gasteiger partial charge in [-0.05, 0) is 23.8 Å². The SMILES string of the molecule is COc1cccc(C(=O)NCC(O)Cc2ccccc2)c1. The Kier molecular flexibility index (Phi) is 5.35. The minimum Gasteiger partial charge on any atom is -0.497 e. The fourth-order valence-corrected chi connectivity index (χ4v) is 2.04. The number of carbonyl (C=O) groups is 1. The molecule has 0 radical (unpaired) electrons. The van der Waals surface area contributed by atoms with Gasteiger partial charge in [0.05, 0.1) is 13.2 Å². The number of aliphatic hydroxyl groups is 1. The second kappa shape index (κ2) is 7.45. The highest BCUT2D eigenvalue weighted by Crippen LogP contribution is 2.12. The monoisotopic (exact) mass is 285 g/mol. The Morgan fingerprint density at radius 1 is 1.19 bits per heavy atom. The summed E-state index contributed by atoms with van der Waals surface area (Å²) in [6.45, 7) is 0.213. The van der Waals surface area contributed by atoms with Gasteiger partial charge in [0, 0.05) is 18.5 Å². The van der Waals surface area contributed by atoms with Crippen LogP contribution in [0.15, 0.2) is 54.6 Å². The van der Waals surface area contributed by atoms with E-state index in [4.69, 9.17) is 4.74 Å². The van der Waals surface area contributed by atoms with E-state index in [1.165, 1.54) is 0 Å². The fraction of sp³-hybridized carbons (Fsp3) is 0.235. The molecule has 0 fully saturated rings. The minimum absolute atomic E-state index is 0.213. The lowest BCUT2D eigenvalue weighted by Gasteiger charge is -2.12. The van der Waals surface area contributed by atoms with Crippen molar-refractivity contribution in [2.45, 2.75) is 12.5 Å². The third-order valence-electron chi connectivity index (χ3n) is 3.14. The van der Waals surface area contributed by atoms with Crippen LogP contribution >= 0.6 is 0 Å². The molecule has 0 aliphatic rings. The van der Waals surface area contributed by atoms with Crippen molar-refractivity contribution in [3.8, 4) is 5.75 Å². The van der Waals surface area contributed by atoms with E-state index in [2.05, 4.69) is 5.32 Å². The van der Waals surface area contributed by atoms with Gasteiger partial charge >= 0.3 is 0 Å². The summed E-state index contributed by atoms with van der Waals surface area (Å²) in [5.74, 6) is 0.411. The summed E-state index contributed by atoms with van der Waals surface area (Å²) in [7, 11) is 1.56. The molecule has 0 aromatic heterocycles. The summed E-state index contributed by atoms with van der Waals surface area (Å²) in [5.41, 5.74) is 1.56. The van der Waals surface area contributed by atoms with E-state index in [0.717, 1.165) is 5.56 Å². The second-order valence-corrected chi connectivity index (χ2v) is 4.79. The maximum absolute atomic E-state index is 12.0. The Bertz CT molecular complexity index is 584. The van der Waals surface area contributed by atoms with Crippen molar-refractivity contribution < 1.29 is 14.6 Å². The zero-order chi connectivity index (χ0) is 15.1. The molecule has 4 heteroatoms. The van der Waals surface area contributed by atoms with Gasteiger partial charge in [-0.25, -0.2) is 0 Å². The standard InChI is InChI=1S/C17H19NO3/c1-21-16-9-5-8-14(11-16)17(20)18-12-15(19)10-13-6-3-2-4-7-13/h2-9,11,15,19H,10,12H2,1H3,(H,18,20). The second-order valence-electron chi connectivity index (χ2n) is 4.79. The van der Waals surface area contributed by atoms with Crippen molar-refractivity contribution >= 4 is 5.91 Å². The van der Waals surface area contributed by atoms with Crippen molar-refractivity contribution in [2.75, 3.05) is 13.7 Å². The van der Waals surface area contributed by atoms with E-state index in [9.17, 15) is 9.90 Å². The van der Waals surface area contributed by atoms with Crippen molar-refractivity contribution in [3.05, 3.63) is 65.7 Å². The molecule has 0 heterocycles. The summed E-state index contributed by atoms with van der Waals surface area (Å²) >= 11 is 0.